The number of methoxy groups -OCH3 is 2. The monoisotopic (exact) mass is 406 g/mol. The highest BCUT2D eigenvalue weighted by Gasteiger charge is 2.24. The van der Waals surface area contributed by atoms with Crippen molar-refractivity contribution in [2.45, 2.75) is 25.2 Å². The van der Waals surface area contributed by atoms with Crippen molar-refractivity contribution in [1.82, 2.24) is 0 Å². The van der Waals surface area contributed by atoms with Crippen molar-refractivity contribution < 1.29 is 24.5 Å². The number of benzene rings is 3. The van der Waals surface area contributed by atoms with E-state index in [2.05, 4.69) is 6.92 Å². The molecule has 2 unspecified atom stereocenters. The molecule has 2 N–H and O–H groups in total. The van der Waals surface area contributed by atoms with Crippen LogP contribution < -0.4 is 9.47 Å². The SMILES string of the molecule is COc1cccc(C(C)CC(c2cccc(OC)c2)c2cccc(C(=O)O)c2O)c1. The van der Waals surface area contributed by atoms with Gasteiger partial charge in [0.15, 0.2) is 0 Å². The summed E-state index contributed by atoms with van der Waals surface area (Å²) in [5.41, 5.74) is 2.53. The van der Waals surface area contributed by atoms with Crippen LogP contribution in [0.25, 0.3) is 0 Å². The van der Waals surface area contributed by atoms with Gasteiger partial charge in [0.2, 0.25) is 0 Å². The van der Waals surface area contributed by atoms with Gasteiger partial charge in [0.1, 0.15) is 22.8 Å². The number of carboxylic acids is 1. The highest BCUT2D eigenvalue weighted by atomic mass is 16.5. The van der Waals surface area contributed by atoms with E-state index in [1.807, 2.05) is 48.5 Å². The maximum atomic E-state index is 11.6. The van der Waals surface area contributed by atoms with Gasteiger partial charge in [-0.05, 0) is 53.8 Å². The summed E-state index contributed by atoms with van der Waals surface area (Å²) in [6, 6.07) is 20.4. The Morgan fingerprint density at radius 3 is 2.07 bits per heavy atom. The van der Waals surface area contributed by atoms with Gasteiger partial charge in [0.25, 0.3) is 0 Å². The molecule has 0 aliphatic heterocycles. The maximum Gasteiger partial charge on any atom is 0.339 e. The van der Waals surface area contributed by atoms with E-state index in [0.717, 1.165) is 16.9 Å². The first-order valence-electron chi connectivity index (χ1n) is 9.77. The standard InChI is InChI=1S/C25H26O5/c1-16(17-7-4-9-19(14-17)29-2)13-23(18-8-5-10-20(15-18)30-3)21-11-6-12-22(24(21)26)25(27)28/h4-12,14-16,23,26H,13H2,1-3H3,(H,27,28). The van der Waals surface area contributed by atoms with E-state index in [0.29, 0.717) is 17.7 Å². The zero-order chi connectivity index (χ0) is 21.7. The van der Waals surface area contributed by atoms with Crippen LogP contribution in [0.4, 0.5) is 0 Å². The van der Waals surface area contributed by atoms with Crippen molar-refractivity contribution in [3.05, 3.63) is 89.0 Å². The number of carbonyl (C=O) groups is 1. The number of aromatic carboxylic acids is 1. The molecule has 0 amide bonds. The third-order valence-corrected chi connectivity index (χ3v) is 5.42. The summed E-state index contributed by atoms with van der Waals surface area (Å²) >= 11 is 0. The molecule has 3 rings (SSSR count). The molecule has 0 heterocycles. The Balaban J connectivity index is 2.06. The number of hydrogen-bond donors (Lipinski definition) is 2. The molecule has 156 valence electrons. The largest absolute Gasteiger partial charge is 0.507 e. The van der Waals surface area contributed by atoms with Crippen LogP contribution in [0.5, 0.6) is 17.2 Å². The Bertz CT molecular complexity index is 1030. The Morgan fingerprint density at radius 2 is 1.47 bits per heavy atom. The van der Waals surface area contributed by atoms with Crippen molar-refractivity contribution in [3.8, 4) is 17.2 Å². The molecule has 30 heavy (non-hydrogen) atoms. The van der Waals surface area contributed by atoms with E-state index in [9.17, 15) is 15.0 Å². The van der Waals surface area contributed by atoms with Crippen molar-refractivity contribution in [3.63, 3.8) is 0 Å². The smallest absolute Gasteiger partial charge is 0.339 e. The predicted molar refractivity (Wildman–Crippen MR) is 116 cm³/mol. The Labute approximate surface area is 176 Å². The number of hydrogen-bond acceptors (Lipinski definition) is 4. The lowest BCUT2D eigenvalue weighted by molar-refractivity contribution is 0.0693. The summed E-state index contributed by atoms with van der Waals surface area (Å²) in [5.74, 6) is 0.0495. The summed E-state index contributed by atoms with van der Waals surface area (Å²) in [7, 11) is 3.24. The molecular formula is C25H26O5. The van der Waals surface area contributed by atoms with Crippen LogP contribution in [0, 0.1) is 0 Å². The average Bonchev–Trinajstić information content (AvgIpc) is 2.77. The van der Waals surface area contributed by atoms with Gasteiger partial charge >= 0.3 is 5.97 Å². The fraction of sp³-hybridized carbons (Fsp3) is 0.240. The number of para-hydroxylation sites is 1. The zero-order valence-electron chi connectivity index (χ0n) is 17.3. The predicted octanol–water partition coefficient (Wildman–Crippen LogP) is 5.43. The van der Waals surface area contributed by atoms with Gasteiger partial charge in [-0.3, -0.25) is 0 Å². The molecular weight excluding hydrogens is 380 g/mol. The summed E-state index contributed by atoms with van der Waals surface area (Å²) < 4.78 is 10.7. The van der Waals surface area contributed by atoms with Crippen molar-refractivity contribution in [2.75, 3.05) is 14.2 Å². The number of ether oxygens (including phenoxy) is 2. The normalized spacial score (nSPS) is 12.8. The summed E-state index contributed by atoms with van der Waals surface area (Å²) in [6.07, 6.45) is 0.664. The average molecular weight is 406 g/mol. The first-order chi connectivity index (χ1) is 14.4. The van der Waals surface area contributed by atoms with E-state index >= 15 is 0 Å². The molecule has 3 aromatic carbocycles. The first kappa shape index (κ1) is 21.2. The molecule has 0 radical (unpaired) electrons. The van der Waals surface area contributed by atoms with Crippen LogP contribution in [0.2, 0.25) is 0 Å². The van der Waals surface area contributed by atoms with Crippen LogP contribution >= 0.6 is 0 Å². The molecule has 5 heteroatoms. The summed E-state index contributed by atoms with van der Waals surface area (Å²) in [6.45, 7) is 2.11. The van der Waals surface area contributed by atoms with E-state index in [4.69, 9.17) is 9.47 Å². The van der Waals surface area contributed by atoms with Gasteiger partial charge in [-0.25, -0.2) is 4.79 Å². The molecule has 0 saturated heterocycles. The van der Waals surface area contributed by atoms with Crippen molar-refractivity contribution in [2.24, 2.45) is 0 Å². The second kappa shape index (κ2) is 9.35. The third-order valence-electron chi connectivity index (χ3n) is 5.42. The molecule has 0 aliphatic rings. The zero-order valence-corrected chi connectivity index (χ0v) is 17.3. The minimum Gasteiger partial charge on any atom is -0.507 e. The topological polar surface area (TPSA) is 76.0 Å². The van der Waals surface area contributed by atoms with E-state index in [1.54, 1.807) is 26.4 Å². The van der Waals surface area contributed by atoms with Crippen molar-refractivity contribution in [1.29, 1.82) is 0 Å². The van der Waals surface area contributed by atoms with Gasteiger partial charge in [0, 0.05) is 11.5 Å². The molecule has 5 nitrogen and oxygen atoms in total. The fourth-order valence-electron chi connectivity index (χ4n) is 3.75. The number of rotatable bonds is 8. The van der Waals surface area contributed by atoms with Gasteiger partial charge in [-0.1, -0.05) is 43.3 Å². The molecule has 0 aromatic heterocycles. The van der Waals surface area contributed by atoms with Crippen molar-refractivity contribution >= 4 is 5.97 Å². The van der Waals surface area contributed by atoms with E-state index in [-0.39, 0.29) is 23.1 Å². The van der Waals surface area contributed by atoms with Crippen LogP contribution in [0.3, 0.4) is 0 Å². The van der Waals surface area contributed by atoms with Crippen LogP contribution in [-0.4, -0.2) is 30.4 Å². The summed E-state index contributed by atoms with van der Waals surface area (Å²) in [5, 5.41) is 20.2. The van der Waals surface area contributed by atoms with Gasteiger partial charge in [-0.2, -0.15) is 0 Å². The molecule has 2 atom stereocenters. The highest BCUT2D eigenvalue weighted by molar-refractivity contribution is 5.91. The van der Waals surface area contributed by atoms with Crippen LogP contribution in [0.1, 0.15) is 52.2 Å². The molecule has 0 fully saturated rings. The Kier molecular flexibility index (Phi) is 6.62. The molecule has 0 spiro atoms. The third kappa shape index (κ3) is 4.57. The Hall–Kier alpha value is -3.47. The number of phenols is 1. The lowest BCUT2D eigenvalue weighted by Crippen LogP contribution is -2.09. The minimum absolute atomic E-state index is 0.102. The minimum atomic E-state index is -1.15. The second-order valence-electron chi connectivity index (χ2n) is 7.29. The second-order valence-corrected chi connectivity index (χ2v) is 7.29. The first-order valence-corrected chi connectivity index (χ1v) is 9.77. The van der Waals surface area contributed by atoms with Gasteiger partial charge < -0.3 is 19.7 Å². The van der Waals surface area contributed by atoms with E-state index < -0.39 is 5.97 Å². The lowest BCUT2D eigenvalue weighted by Gasteiger charge is -2.24. The van der Waals surface area contributed by atoms with E-state index in [1.165, 1.54) is 6.07 Å². The fourth-order valence-corrected chi connectivity index (χ4v) is 3.75. The summed E-state index contributed by atoms with van der Waals surface area (Å²) in [4.78, 5) is 11.6. The lowest BCUT2D eigenvalue weighted by atomic mass is 9.81. The Morgan fingerprint density at radius 1 is 0.900 bits per heavy atom. The number of carboxylic acid groups (broad SMARTS) is 1. The van der Waals surface area contributed by atoms with Gasteiger partial charge in [0.05, 0.1) is 14.2 Å². The molecule has 3 aromatic rings. The quantitative estimate of drug-likeness (QED) is 0.521. The molecule has 0 bridgehead atoms. The molecule has 0 saturated carbocycles. The maximum absolute atomic E-state index is 11.6. The number of aromatic hydroxyl groups is 1. The van der Waals surface area contributed by atoms with Crippen LogP contribution in [-0.2, 0) is 0 Å². The highest BCUT2D eigenvalue weighted by Crippen LogP contribution is 2.41. The molecule has 0 aliphatic carbocycles. The van der Waals surface area contributed by atoms with Crippen LogP contribution in [0.15, 0.2) is 66.7 Å². The van der Waals surface area contributed by atoms with Gasteiger partial charge in [-0.15, -0.1) is 0 Å².